The zero-order chi connectivity index (χ0) is 17.4. The smallest absolute Gasteiger partial charge is 0.335 e. The van der Waals surface area contributed by atoms with Gasteiger partial charge in [-0.15, -0.1) is 0 Å². The van der Waals surface area contributed by atoms with Crippen molar-refractivity contribution in [1.29, 1.82) is 0 Å². The van der Waals surface area contributed by atoms with E-state index in [-0.39, 0.29) is 11.3 Å². The normalized spacial score (nSPS) is 11.3. The van der Waals surface area contributed by atoms with Crippen LogP contribution in [0.25, 0.3) is 0 Å². The van der Waals surface area contributed by atoms with Crippen molar-refractivity contribution in [1.82, 2.24) is 0 Å². The maximum absolute atomic E-state index is 11.1. The van der Waals surface area contributed by atoms with Crippen LogP contribution in [-0.4, -0.2) is 16.2 Å². The summed E-state index contributed by atoms with van der Waals surface area (Å²) in [6.07, 6.45) is 0. The molecule has 2 aromatic carbocycles. The quantitative estimate of drug-likeness (QED) is 0.446. The molecule has 0 unspecified atom stereocenters. The third kappa shape index (κ3) is 4.41. The molecule has 0 atom stereocenters. The van der Waals surface area contributed by atoms with Crippen molar-refractivity contribution >= 4 is 73.7 Å². The van der Waals surface area contributed by atoms with Crippen LogP contribution in [0.2, 0.25) is 0 Å². The Hall–Kier alpha value is -0.300. The summed E-state index contributed by atoms with van der Waals surface area (Å²) in [5, 5.41) is 18.8. The Morgan fingerprint density at radius 1 is 1.04 bits per heavy atom. The Balaban J connectivity index is 2.40. The largest absolute Gasteiger partial charge is 0.507 e. The number of carboxylic acid groups (broad SMARTS) is 1. The number of phenolic OH excluding ortho intramolecular Hbond substituents is 1. The molecule has 0 saturated carbocycles. The number of halogens is 3. The monoisotopic (exact) mass is 650 g/mol. The summed E-state index contributed by atoms with van der Waals surface area (Å²) in [6.45, 7) is 3.87. The Kier molecular flexibility index (Phi) is 6.04. The average molecular weight is 650 g/mol. The molecule has 23 heavy (non-hydrogen) atoms. The number of phenols is 1. The SMILES string of the molecule is CC(C)(Oc1c(I)cc(C(=O)O)cc1I)c1ccc(O)c(I)c1. The summed E-state index contributed by atoms with van der Waals surface area (Å²) in [5.41, 5.74) is 0.537. The summed E-state index contributed by atoms with van der Waals surface area (Å²) >= 11 is 6.24. The minimum Gasteiger partial charge on any atom is -0.507 e. The van der Waals surface area contributed by atoms with E-state index in [2.05, 4.69) is 67.8 Å². The molecule has 2 rings (SSSR count). The number of aromatic hydroxyl groups is 1. The minimum absolute atomic E-state index is 0.236. The van der Waals surface area contributed by atoms with Gasteiger partial charge < -0.3 is 14.9 Å². The van der Waals surface area contributed by atoms with E-state index < -0.39 is 11.6 Å². The zero-order valence-electron chi connectivity index (χ0n) is 12.2. The lowest BCUT2D eigenvalue weighted by molar-refractivity contribution is 0.0696. The lowest BCUT2D eigenvalue weighted by Crippen LogP contribution is -2.26. The molecule has 7 heteroatoms. The maximum atomic E-state index is 11.1. The number of carboxylic acids is 1. The third-order valence-electron chi connectivity index (χ3n) is 3.25. The van der Waals surface area contributed by atoms with Crippen LogP contribution in [0, 0.1) is 10.7 Å². The molecule has 0 aliphatic rings. The summed E-state index contributed by atoms with van der Waals surface area (Å²) < 4.78 is 8.43. The van der Waals surface area contributed by atoms with Gasteiger partial charge in [0.05, 0.1) is 16.3 Å². The molecule has 0 amide bonds. The maximum Gasteiger partial charge on any atom is 0.335 e. The number of hydrogen-bond acceptors (Lipinski definition) is 3. The van der Waals surface area contributed by atoms with Crippen LogP contribution in [0.15, 0.2) is 30.3 Å². The predicted molar refractivity (Wildman–Crippen MR) is 113 cm³/mol. The standard InChI is InChI=1S/C16H13I3O4/c1-16(2,9-3-4-13(20)10(17)7-9)23-14-11(18)5-8(15(21)22)6-12(14)19/h3-7,20H,1-2H3,(H,21,22). The van der Waals surface area contributed by atoms with Crippen LogP contribution in [-0.2, 0) is 5.60 Å². The van der Waals surface area contributed by atoms with Gasteiger partial charge in [-0.1, -0.05) is 6.07 Å². The fraction of sp³-hybridized carbons (Fsp3) is 0.188. The van der Waals surface area contributed by atoms with E-state index in [0.29, 0.717) is 5.75 Å². The van der Waals surface area contributed by atoms with Gasteiger partial charge in [0.15, 0.2) is 0 Å². The Bertz CT molecular complexity index is 749. The molecule has 0 aromatic heterocycles. The van der Waals surface area contributed by atoms with Gasteiger partial charge in [-0.2, -0.15) is 0 Å². The summed E-state index contributed by atoms with van der Waals surface area (Å²) in [7, 11) is 0. The third-order valence-corrected chi connectivity index (χ3v) is 5.71. The second-order valence-electron chi connectivity index (χ2n) is 5.35. The van der Waals surface area contributed by atoms with Gasteiger partial charge in [-0.05, 0) is 111 Å². The molecule has 0 spiro atoms. The highest BCUT2D eigenvalue weighted by Gasteiger charge is 2.26. The van der Waals surface area contributed by atoms with Gasteiger partial charge >= 0.3 is 5.97 Å². The molecule has 0 bridgehead atoms. The van der Waals surface area contributed by atoms with Gasteiger partial charge in [0.25, 0.3) is 0 Å². The van der Waals surface area contributed by atoms with E-state index in [4.69, 9.17) is 9.84 Å². The van der Waals surface area contributed by atoms with Crippen LogP contribution in [0.5, 0.6) is 11.5 Å². The lowest BCUT2D eigenvalue weighted by atomic mass is 9.98. The molecule has 0 radical (unpaired) electrons. The molecule has 122 valence electrons. The van der Waals surface area contributed by atoms with Crippen molar-refractivity contribution in [3.63, 3.8) is 0 Å². The Morgan fingerprint density at radius 2 is 1.61 bits per heavy atom. The highest BCUT2D eigenvalue weighted by molar-refractivity contribution is 14.1. The van der Waals surface area contributed by atoms with E-state index in [9.17, 15) is 9.90 Å². The Labute approximate surface area is 175 Å². The number of rotatable bonds is 4. The number of benzene rings is 2. The molecule has 4 nitrogen and oxygen atoms in total. The highest BCUT2D eigenvalue weighted by Crippen LogP contribution is 2.36. The van der Waals surface area contributed by atoms with Gasteiger partial charge in [0, 0.05) is 0 Å². The molecule has 2 aromatic rings. The first-order valence-electron chi connectivity index (χ1n) is 6.52. The van der Waals surface area contributed by atoms with Crippen molar-refractivity contribution < 1.29 is 19.7 Å². The van der Waals surface area contributed by atoms with Crippen LogP contribution < -0.4 is 4.74 Å². The topological polar surface area (TPSA) is 66.8 Å². The van der Waals surface area contributed by atoms with Crippen LogP contribution in [0.3, 0.4) is 0 Å². The van der Waals surface area contributed by atoms with E-state index in [0.717, 1.165) is 16.3 Å². The number of carbonyl (C=O) groups is 1. The first-order valence-corrected chi connectivity index (χ1v) is 9.76. The van der Waals surface area contributed by atoms with Crippen LogP contribution >= 0.6 is 67.8 Å². The summed E-state index contributed by atoms with van der Waals surface area (Å²) in [4.78, 5) is 11.1. The second-order valence-corrected chi connectivity index (χ2v) is 8.84. The lowest BCUT2D eigenvalue weighted by Gasteiger charge is -2.28. The van der Waals surface area contributed by atoms with E-state index >= 15 is 0 Å². The zero-order valence-corrected chi connectivity index (χ0v) is 18.7. The van der Waals surface area contributed by atoms with E-state index in [1.165, 1.54) is 0 Å². The van der Waals surface area contributed by atoms with E-state index in [1.807, 2.05) is 26.0 Å². The molecule has 0 saturated heterocycles. The first-order chi connectivity index (χ1) is 10.6. The molecule has 0 heterocycles. The number of ether oxygens (including phenoxy) is 1. The first kappa shape index (κ1) is 19.0. The van der Waals surface area contributed by atoms with Crippen molar-refractivity contribution in [3.05, 3.63) is 52.2 Å². The minimum atomic E-state index is -0.959. The highest BCUT2D eigenvalue weighted by atomic mass is 127. The molecular weight excluding hydrogens is 637 g/mol. The van der Waals surface area contributed by atoms with Gasteiger partial charge in [0.1, 0.15) is 17.1 Å². The Morgan fingerprint density at radius 3 is 2.09 bits per heavy atom. The summed E-state index contributed by atoms with van der Waals surface area (Å²) in [6, 6.07) is 8.53. The molecule has 0 aliphatic heterocycles. The van der Waals surface area contributed by atoms with Gasteiger partial charge in [0.2, 0.25) is 0 Å². The van der Waals surface area contributed by atoms with Crippen molar-refractivity contribution in [2.24, 2.45) is 0 Å². The molecule has 0 fully saturated rings. The van der Waals surface area contributed by atoms with E-state index in [1.54, 1.807) is 18.2 Å². The molecule has 2 N–H and O–H groups in total. The number of hydrogen-bond donors (Lipinski definition) is 2. The summed E-state index contributed by atoms with van der Waals surface area (Å²) in [5.74, 6) is -0.0656. The van der Waals surface area contributed by atoms with Crippen LogP contribution in [0.1, 0.15) is 29.8 Å². The molecular formula is C16H13I3O4. The number of aromatic carboxylic acids is 1. The van der Waals surface area contributed by atoms with Crippen molar-refractivity contribution in [3.8, 4) is 11.5 Å². The molecule has 0 aliphatic carbocycles. The van der Waals surface area contributed by atoms with Crippen molar-refractivity contribution in [2.75, 3.05) is 0 Å². The van der Waals surface area contributed by atoms with Gasteiger partial charge in [-0.3, -0.25) is 0 Å². The predicted octanol–water partition coefficient (Wildman–Crippen LogP) is 5.22. The van der Waals surface area contributed by atoms with Crippen LogP contribution in [0.4, 0.5) is 0 Å². The average Bonchev–Trinajstić information content (AvgIpc) is 2.45. The van der Waals surface area contributed by atoms with Crippen molar-refractivity contribution in [2.45, 2.75) is 19.4 Å². The fourth-order valence-electron chi connectivity index (χ4n) is 1.98. The fourth-order valence-corrected chi connectivity index (χ4v) is 4.48. The van der Waals surface area contributed by atoms with Gasteiger partial charge in [-0.25, -0.2) is 4.79 Å². The second kappa shape index (κ2) is 7.30.